The maximum Gasteiger partial charge on any atom is 0.295 e. The number of hydrogen-bond acceptors (Lipinski definition) is 5. The van der Waals surface area contributed by atoms with E-state index in [0.29, 0.717) is 19.7 Å². The van der Waals surface area contributed by atoms with Crippen molar-refractivity contribution in [2.75, 3.05) is 26.8 Å². The monoisotopic (exact) mass is 150 g/mol. The molecule has 0 fully saturated rings. The average molecular weight is 150 g/mol. The zero-order chi connectivity index (χ0) is 7.66. The zero-order valence-electron chi connectivity index (χ0n) is 5.49. The van der Waals surface area contributed by atoms with Gasteiger partial charge in [-0.15, -0.1) is 0 Å². The Hall–Kier alpha value is -0.650. The van der Waals surface area contributed by atoms with Crippen molar-refractivity contribution >= 4 is 6.47 Å². The van der Waals surface area contributed by atoms with E-state index in [4.69, 9.17) is 5.11 Å². The minimum Gasteiger partial charge on any atom is -0.441 e. The van der Waals surface area contributed by atoms with Crippen LogP contribution in [-0.2, 0) is 19.0 Å². The fourth-order valence-corrected chi connectivity index (χ4v) is 0.317. The number of aliphatic hydroxyl groups is 1. The van der Waals surface area contributed by atoms with Crippen LogP contribution in [0.5, 0.6) is 0 Å². The summed E-state index contributed by atoms with van der Waals surface area (Å²) >= 11 is 0. The molecule has 0 bridgehead atoms. The molecule has 5 nitrogen and oxygen atoms in total. The van der Waals surface area contributed by atoms with Crippen molar-refractivity contribution in [3.8, 4) is 0 Å². The van der Waals surface area contributed by atoms with E-state index in [0.717, 1.165) is 0 Å². The van der Waals surface area contributed by atoms with E-state index in [9.17, 15) is 4.79 Å². The van der Waals surface area contributed by atoms with Crippen molar-refractivity contribution in [1.29, 1.82) is 0 Å². The average Bonchev–Trinajstić information content (AvgIpc) is 1.97. The number of rotatable bonds is 7. The molecule has 0 aromatic heterocycles. The topological polar surface area (TPSA) is 65.0 Å². The van der Waals surface area contributed by atoms with Gasteiger partial charge in [-0.3, -0.25) is 4.79 Å². The molecule has 0 saturated heterocycles. The van der Waals surface area contributed by atoms with Crippen molar-refractivity contribution < 1.29 is 24.1 Å². The predicted molar refractivity (Wildman–Crippen MR) is 31.0 cm³/mol. The van der Waals surface area contributed by atoms with E-state index in [1.54, 1.807) is 0 Å². The third-order valence-corrected chi connectivity index (χ3v) is 0.683. The number of aliphatic hydroxyl groups excluding tert-OH is 1. The van der Waals surface area contributed by atoms with Crippen LogP contribution in [0.4, 0.5) is 0 Å². The second-order valence-corrected chi connectivity index (χ2v) is 1.33. The van der Waals surface area contributed by atoms with Gasteiger partial charge in [0.15, 0.2) is 6.79 Å². The number of ether oxygens (including phenoxy) is 3. The molecular formula is C5H10O5. The summed E-state index contributed by atoms with van der Waals surface area (Å²) in [5, 5.41) is 8.10. The second-order valence-electron chi connectivity index (χ2n) is 1.33. The van der Waals surface area contributed by atoms with Crippen LogP contribution in [0.25, 0.3) is 0 Å². The fraction of sp³-hybridized carbons (Fsp3) is 0.800. The maximum atomic E-state index is 9.52. The summed E-state index contributed by atoms with van der Waals surface area (Å²) in [6, 6.07) is 0. The third kappa shape index (κ3) is 7.35. The Kier molecular flexibility index (Phi) is 7.81. The van der Waals surface area contributed by atoms with Gasteiger partial charge in [0.05, 0.1) is 13.2 Å². The lowest BCUT2D eigenvalue weighted by molar-refractivity contribution is -0.142. The van der Waals surface area contributed by atoms with E-state index in [1.165, 1.54) is 0 Å². The van der Waals surface area contributed by atoms with Crippen LogP contribution in [0, 0.1) is 0 Å². The predicted octanol–water partition coefficient (Wildman–Crippen LogP) is -0.900. The van der Waals surface area contributed by atoms with Gasteiger partial charge in [0.1, 0.15) is 6.79 Å². The molecule has 0 rings (SSSR count). The van der Waals surface area contributed by atoms with Gasteiger partial charge in [0.25, 0.3) is 6.47 Å². The third-order valence-electron chi connectivity index (χ3n) is 0.683. The molecule has 5 heteroatoms. The van der Waals surface area contributed by atoms with Crippen LogP contribution in [-0.4, -0.2) is 38.4 Å². The van der Waals surface area contributed by atoms with E-state index < -0.39 is 0 Å². The Morgan fingerprint density at radius 1 is 1.30 bits per heavy atom. The van der Waals surface area contributed by atoms with Gasteiger partial charge >= 0.3 is 0 Å². The van der Waals surface area contributed by atoms with Crippen LogP contribution < -0.4 is 0 Å². The molecule has 0 saturated carbocycles. The number of hydrogen-bond donors (Lipinski definition) is 1. The highest BCUT2D eigenvalue weighted by Gasteiger charge is 1.85. The molecule has 0 amide bonds. The van der Waals surface area contributed by atoms with E-state index in [1.807, 2.05) is 0 Å². The Balaban J connectivity index is 2.70. The summed E-state index contributed by atoms with van der Waals surface area (Å²) in [4.78, 5) is 9.52. The number of carbonyl (C=O) groups is 1. The quantitative estimate of drug-likeness (QED) is 0.289. The van der Waals surface area contributed by atoms with Crippen molar-refractivity contribution in [1.82, 2.24) is 0 Å². The summed E-state index contributed by atoms with van der Waals surface area (Å²) in [7, 11) is 0. The molecule has 1 N–H and O–H groups in total. The Bertz CT molecular complexity index is 74.4. The first kappa shape index (κ1) is 9.35. The Morgan fingerprint density at radius 2 is 2.00 bits per heavy atom. The first-order chi connectivity index (χ1) is 4.91. The van der Waals surface area contributed by atoms with Gasteiger partial charge in [0, 0.05) is 0 Å². The molecule has 0 heterocycles. The molecule has 0 radical (unpaired) electrons. The second kappa shape index (κ2) is 8.35. The standard InChI is InChI=1S/C5H10O5/c6-3-8-1-2-9-5-10-4-7/h4,6H,1-3,5H2. The minimum atomic E-state index is -0.322. The van der Waals surface area contributed by atoms with Gasteiger partial charge < -0.3 is 19.3 Å². The van der Waals surface area contributed by atoms with Crippen LogP contribution in [0.1, 0.15) is 0 Å². The lowest BCUT2D eigenvalue weighted by Crippen LogP contribution is -2.06. The molecule has 0 atom stereocenters. The fourth-order valence-electron chi connectivity index (χ4n) is 0.317. The highest BCUT2D eigenvalue weighted by atomic mass is 16.7. The lowest BCUT2D eigenvalue weighted by atomic mass is 10.8. The van der Waals surface area contributed by atoms with Gasteiger partial charge in [-0.1, -0.05) is 0 Å². The van der Waals surface area contributed by atoms with E-state index >= 15 is 0 Å². The van der Waals surface area contributed by atoms with Crippen molar-refractivity contribution in [3.63, 3.8) is 0 Å². The molecule has 0 aromatic rings. The molecule has 60 valence electrons. The van der Waals surface area contributed by atoms with Crippen molar-refractivity contribution in [3.05, 3.63) is 0 Å². The highest BCUT2D eigenvalue weighted by Crippen LogP contribution is 1.76. The van der Waals surface area contributed by atoms with Crippen molar-refractivity contribution in [2.24, 2.45) is 0 Å². The summed E-state index contributed by atoms with van der Waals surface area (Å²) < 4.78 is 13.4. The van der Waals surface area contributed by atoms with Crippen LogP contribution in [0.15, 0.2) is 0 Å². The highest BCUT2D eigenvalue weighted by molar-refractivity contribution is 5.36. The smallest absolute Gasteiger partial charge is 0.295 e. The SMILES string of the molecule is O=COCOCCOCO. The van der Waals surface area contributed by atoms with Gasteiger partial charge in [-0.2, -0.15) is 0 Å². The molecular weight excluding hydrogens is 140 g/mol. The summed E-state index contributed by atoms with van der Waals surface area (Å²) in [5.41, 5.74) is 0. The molecule has 0 aliphatic heterocycles. The largest absolute Gasteiger partial charge is 0.441 e. The molecule has 0 aliphatic carbocycles. The zero-order valence-corrected chi connectivity index (χ0v) is 5.49. The molecule has 0 aromatic carbocycles. The van der Waals surface area contributed by atoms with Crippen LogP contribution >= 0.6 is 0 Å². The first-order valence-corrected chi connectivity index (χ1v) is 2.73. The minimum absolute atomic E-state index is 0.0711. The van der Waals surface area contributed by atoms with E-state index in [-0.39, 0.29) is 13.6 Å². The molecule has 0 spiro atoms. The van der Waals surface area contributed by atoms with Gasteiger partial charge in [-0.25, -0.2) is 0 Å². The molecule has 10 heavy (non-hydrogen) atoms. The lowest BCUT2D eigenvalue weighted by Gasteiger charge is -2.00. The van der Waals surface area contributed by atoms with Gasteiger partial charge in [-0.05, 0) is 0 Å². The normalized spacial score (nSPS) is 9.30. The summed E-state index contributed by atoms with van der Waals surface area (Å²) in [6.07, 6.45) is 0. The van der Waals surface area contributed by atoms with Crippen molar-refractivity contribution in [2.45, 2.75) is 0 Å². The van der Waals surface area contributed by atoms with Crippen LogP contribution in [0.2, 0.25) is 0 Å². The molecule has 0 aliphatic rings. The summed E-state index contributed by atoms with van der Waals surface area (Å²) in [5.74, 6) is 0. The van der Waals surface area contributed by atoms with E-state index in [2.05, 4.69) is 14.2 Å². The molecule has 0 unspecified atom stereocenters. The van der Waals surface area contributed by atoms with Crippen LogP contribution in [0.3, 0.4) is 0 Å². The maximum absolute atomic E-state index is 9.52. The summed E-state index contributed by atoms with van der Waals surface area (Å²) in [6.45, 7) is 0.496. The van der Waals surface area contributed by atoms with Gasteiger partial charge in [0.2, 0.25) is 0 Å². The number of carbonyl (C=O) groups excluding carboxylic acids is 1. The Labute approximate surface area is 58.5 Å². The Morgan fingerprint density at radius 3 is 2.60 bits per heavy atom. The first-order valence-electron chi connectivity index (χ1n) is 2.73.